The van der Waals surface area contributed by atoms with Crippen LogP contribution in [0.4, 0.5) is 0 Å². The summed E-state index contributed by atoms with van der Waals surface area (Å²) in [7, 11) is 0. The van der Waals surface area contributed by atoms with Crippen molar-refractivity contribution in [2.45, 2.75) is 83.0 Å². The van der Waals surface area contributed by atoms with Gasteiger partial charge in [-0.15, -0.1) is 0 Å². The van der Waals surface area contributed by atoms with Gasteiger partial charge in [-0.25, -0.2) is 0 Å². The predicted octanol–water partition coefficient (Wildman–Crippen LogP) is 8.31. The number of benzene rings is 2. The Hall–Kier alpha value is -2.15. The number of hydrogen-bond acceptors (Lipinski definition) is 1. The second kappa shape index (κ2) is 8.30. The molecule has 0 aliphatic heterocycles. The van der Waals surface area contributed by atoms with Crippen LogP contribution in [-0.2, 0) is 0 Å². The molecule has 0 radical (unpaired) electrons. The monoisotopic (exact) mass is 383 g/mol. The van der Waals surface area contributed by atoms with Crippen molar-refractivity contribution in [1.29, 1.82) is 0 Å². The van der Waals surface area contributed by atoms with Crippen molar-refractivity contribution in [3.05, 3.63) is 65.4 Å². The summed E-state index contributed by atoms with van der Waals surface area (Å²) in [5.74, 6) is 1.48. The fourth-order valence-corrected chi connectivity index (χ4v) is 5.67. The summed E-state index contributed by atoms with van der Waals surface area (Å²) >= 11 is 0. The first-order valence-electron chi connectivity index (χ1n) is 11.8. The topological polar surface area (TPSA) is 12.9 Å². The fraction of sp³-hybridized carbons (Fsp3) is 0.464. The smallest absolute Gasteiger partial charge is 0.0780 e. The minimum Gasteiger partial charge on any atom is -0.256 e. The minimum atomic E-state index is 0.739. The van der Waals surface area contributed by atoms with Gasteiger partial charge < -0.3 is 0 Å². The number of pyridine rings is 1. The molecular weight excluding hydrogens is 350 g/mol. The Morgan fingerprint density at radius 1 is 0.690 bits per heavy atom. The first kappa shape index (κ1) is 18.9. The van der Waals surface area contributed by atoms with Crippen LogP contribution < -0.4 is 0 Å². The average molecular weight is 384 g/mol. The molecule has 2 fully saturated rings. The molecule has 0 spiro atoms. The Morgan fingerprint density at radius 3 is 1.93 bits per heavy atom. The zero-order valence-corrected chi connectivity index (χ0v) is 17.8. The van der Waals surface area contributed by atoms with Gasteiger partial charge in [-0.05, 0) is 85.2 Å². The van der Waals surface area contributed by atoms with Crippen LogP contribution in [0.1, 0.15) is 92.7 Å². The molecule has 150 valence electrons. The van der Waals surface area contributed by atoms with Crippen molar-refractivity contribution in [3.8, 4) is 11.3 Å². The van der Waals surface area contributed by atoms with Crippen molar-refractivity contribution in [2.75, 3.05) is 0 Å². The number of aryl methyl sites for hydroxylation is 1. The van der Waals surface area contributed by atoms with Gasteiger partial charge in [-0.2, -0.15) is 0 Å². The standard InChI is InChI=1S/C28H33N/c1-20-12-13-23-14-15-29-28(27(23)16-20)26-18-24(21-8-4-2-5-9-21)17-25(19-26)22-10-6-3-7-11-22/h12-19,21-22H,2-11H2,1H3. The summed E-state index contributed by atoms with van der Waals surface area (Å²) < 4.78 is 0. The molecule has 0 N–H and O–H groups in total. The van der Waals surface area contributed by atoms with Crippen LogP contribution in [0.15, 0.2) is 48.7 Å². The zero-order chi connectivity index (χ0) is 19.6. The molecule has 0 saturated heterocycles. The highest BCUT2D eigenvalue weighted by Gasteiger charge is 2.21. The fourth-order valence-electron chi connectivity index (χ4n) is 5.67. The molecule has 0 unspecified atom stereocenters. The number of nitrogens with zero attached hydrogens (tertiary/aromatic N) is 1. The van der Waals surface area contributed by atoms with Gasteiger partial charge in [0, 0.05) is 17.1 Å². The summed E-state index contributed by atoms with van der Waals surface area (Å²) in [4.78, 5) is 4.89. The van der Waals surface area contributed by atoms with Crippen molar-refractivity contribution in [3.63, 3.8) is 0 Å². The van der Waals surface area contributed by atoms with Crippen molar-refractivity contribution < 1.29 is 0 Å². The van der Waals surface area contributed by atoms with E-state index in [-0.39, 0.29) is 0 Å². The van der Waals surface area contributed by atoms with Crippen LogP contribution in [0.5, 0.6) is 0 Å². The normalized spacial score (nSPS) is 18.9. The van der Waals surface area contributed by atoms with E-state index in [1.54, 1.807) is 11.1 Å². The summed E-state index contributed by atoms with van der Waals surface area (Å²) in [5.41, 5.74) is 6.97. The minimum absolute atomic E-state index is 0.739. The van der Waals surface area contributed by atoms with Gasteiger partial charge in [0.1, 0.15) is 0 Å². The van der Waals surface area contributed by atoms with E-state index in [9.17, 15) is 0 Å². The average Bonchev–Trinajstić information content (AvgIpc) is 2.79. The van der Waals surface area contributed by atoms with E-state index in [1.807, 2.05) is 6.20 Å². The Kier molecular flexibility index (Phi) is 5.40. The van der Waals surface area contributed by atoms with E-state index in [0.29, 0.717) is 0 Å². The molecule has 1 heteroatoms. The largest absolute Gasteiger partial charge is 0.256 e. The lowest BCUT2D eigenvalue weighted by molar-refractivity contribution is 0.435. The lowest BCUT2D eigenvalue weighted by atomic mass is 9.78. The van der Waals surface area contributed by atoms with Gasteiger partial charge in [-0.3, -0.25) is 4.98 Å². The molecule has 5 rings (SSSR count). The van der Waals surface area contributed by atoms with Crippen LogP contribution in [0, 0.1) is 6.92 Å². The predicted molar refractivity (Wildman–Crippen MR) is 124 cm³/mol. The lowest BCUT2D eigenvalue weighted by Gasteiger charge is -2.27. The van der Waals surface area contributed by atoms with Gasteiger partial charge >= 0.3 is 0 Å². The van der Waals surface area contributed by atoms with Crippen LogP contribution in [0.25, 0.3) is 22.0 Å². The third-order valence-electron chi connectivity index (χ3n) is 7.33. The van der Waals surface area contributed by atoms with Crippen molar-refractivity contribution >= 4 is 10.8 Å². The van der Waals surface area contributed by atoms with Crippen molar-refractivity contribution in [2.24, 2.45) is 0 Å². The highest BCUT2D eigenvalue weighted by molar-refractivity contribution is 5.95. The molecule has 0 atom stereocenters. The van der Waals surface area contributed by atoms with Crippen LogP contribution in [0.2, 0.25) is 0 Å². The molecule has 2 aliphatic rings. The van der Waals surface area contributed by atoms with E-state index in [4.69, 9.17) is 4.98 Å². The van der Waals surface area contributed by atoms with E-state index >= 15 is 0 Å². The summed E-state index contributed by atoms with van der Waals surface area (Å²) in [6.45, 7) is 2.18. The first-order valence-corrected chi connectivity index (χ1v) is 11.8. The molecule has 3 aromatic rings. The molecule has 0 bridgehead atoms. The van der Waals surface area contributed by atoms with Gasteiger partial charge in [0.15, 0.2) is 0 Å². The van der Waals surface area contributed by atoms with Crippen LogP contribution in [-0.4, -0.2) is 4.98 Å². The van der Waals surface area contributed by atoms with Gasteiger partial charge in [0.05, 0.1) is 5.69 Å². The molecular formula is C28H33N. The second-order valence-corrected chi connectivity index (χ2v) is 9.44. The number of rotatable bonds is 3. The molecule has 0 amide bonds. The number of fused-ring (bicyclic) bond motifs is 1. The second-order valence-electron chi connectivity index (χ2n) is 9.44. The maximum atomic E-state index is 4.89. The molecule has 2 saturated carbocycles. The molecule has 1 aromatic heterocycles. The summed E-state index contributed by atoms with van der Waals surface area (Å²) in [5, 5.41) is 2.59. The van der Waals surface area contributed by atoms with E-state index in [1.165, 1.54) is 91.8 Å². The van der Waals surface area contributed by atoms with E-state index in [0.717, 1.165) is 11.8 Å². The number of aromatic nitrogens is 1. The Morgan fingerprint density at radius 2 is 1.31 bits per heavy atom. The first-order chi connectivity index (χ1) is 14.3. The van der Waals surface area contributed by atoms with Crippen molar-refractivity contribution in [1.82, 2.24) is 4.98 Å². The summed E-state index contributed by atoms with van der Waals surface area (Å²) in [6, 6.07) is 16.4. The van der Waals surface area contributed by atoms with Gasteiger partial charge in [-0.1, -0.05) is 62.3 Å². The highest BCUT2D eigenvalue weighted by Crippen LogP contribution is 2.40. The summed E-state index contributed by atoms with van der Waals surface area (Å²) in [6.07, 6.45) is 15.8. The Labute approximate surface area is 175 Å². The molecule has 2 aliphatic carbocycles. The lowest BCUT2D eigenvalue weighted by Crippen LogP contribution is -2.09. The molecule has 1 nitrogen and oxygen atoms in total. The number of hydrogen-bond donors (Lipinski definition) is 0. The molecule has 2 aromatic carbocycles. The Balaban J connectivity index is 1.64. The highest BCUT2D eigenvalue weighted by atomic mass is 14.7. The zero-order valence-electron chi connectivity index (χ0n) is 17.8. The third-order valence-corrected chi connectivity index (χ3v) is 7.33. The quantitative estimate of drug-likeness (QED) is 0.443. The van der Waals surface area contributed by atoms with Gasteiger partial charge in [0.2, 0.25) is 0 Å². The molecule has 1 heterocycles. The molecule has 29 heavy (non-hydrogen) atoms. The SMILES string of the molecule is Cc1ccc2ccnc(-c3cc(C4CCCCC4)cc(C4CCCCC4)c3)c2c1. The maximum Gasteiger partial charge on any atom is 0.0780 e. The van der Waals surface area contributed by atoms with Gasteiger partial charge in [0.25, 0.3) is 0 Å². The van der Waals surface area contributed by atoms with Crippen LogP contribution in [0.3, 0.4) is 0 Å². The maximum absolute atomic E-state index is 4.89. The van der Waals surface area contributed by atoms with E-state index in [2.05, 4.69) is 49.4 Å². The van der Waals surface area contributed by atoms with Crippen LogP contribution >= 0.6 is 0 Å². The van der Waals surface area contributed by atoms with E-state index < -0.39 is 0 Å². The third kappa shape index (κ3) is 3.97. The Bertz CT molecular complexity index is 954.